The lowest BCUT2D eigenvalue weighted by Gasteiger charge is -2.23. The molecule has 2 N–H and O–H groups in total. The number of carbonyl (C=O) groups is 1. The Balaban J connectivity index is 1.50. The van der Waals surface area contributed by atoms with Crippen molar-refractivity contribution in [2.24, 2.45) is 0 Å². The zero-order valence-corrected chi connectivity index (χ0v) is 17.4. The zero-order valence-electron chi connectivity index (χ0n) is 17.4. The van der Waals surface area contributed by atoms with Crippen LogP contribution in [0.3, 0.4) is 0 Å². The first-order chi connectivity index (χ1) is 15.0. The van der Waals surface area contributed by atoms with E-state index < -0.39 is 23.9 Å². The van der Waals surface area contributed by atoms with Crippen LogP contribution in [0.2, 0.25) is 0 Å². The Bertz CT molecular complexity index is 946. The van der Waals surface area contributed by atoms with Crippen LogP contribution in [0, 0.1) is 18.4 Å². The molecule has 1 aliphatic heterocycles. The van der Waals surface area contributed by atoms with E-state index in [9.17, 15) is 9.18 Å². The first kappa shape index (κ1) is 22.9. The molecule has 2 atom stereocenters. The summed E-state index contributed by atoms with van der Waals surface area (Å²) in [6.45, 7) is 3.13. The van der Waals surface area contributed by atoms with E-state index in [2.05, 4.69) is 27.8 Å². The summed E-state index contributed by atoms with van der Waals surface area (Å²) < 4.78 is 37.0. The van der Waals surface area contributed by atoms with Crippen LogP contribution in [0.25, 0.3) is 11.2 Å². The van der Waals surface area contributed by atoms with E-state index >= 15 is 0 Å². The average Bonchev–Trinajstić information content (AvgIpc) is 3.36. The monoisotopic (exact) mass is 435 g/mol. The van der Waals surface area contributed by atoms with Crippen molar-refractivity contribution in [3.63, 3.8) is 0 Å². The third-order valence-electron chi connectivity index (χ3n) is 4.85. The molecule has 0 aromatic carbocycles. The number of aromatic nitrogens is 4. The van der Waals surface area contributed by atoms with Crippen LogP contribution in [0.1, 0.15) is 38.8 Å². The normalized spacial score (nSPS) is 20.7. The maximum absolute atomic E-state index is 13.6. The van der Waals surface area contributed by atoms with Gasteiger partial charge in [-0.2, -0.15) is 14.4 Å². The minimum absolute atomic E-state index is 0.0628. The summed E-state index contributed by atoms with van der Waals surface area (Å²) in [6.07, 6.45) is 8.54. The van der Waals surface area contributed by atoms with E-state index in [4.69, 9.17) is 31.1 Å². The number of anilines is 1. The molecule has 0 bridgehead atoms. The first-order valence-electron chi connectivity index (χ1n) is 10.1. The molecule has 2 aromatic heterocycles. The number of nitrogens with zero attached hydrogens (tertiary/aromatic N) is 4. The Morgan fingerprint density at radius 3 is 3.00 bits per heavy atom. The van der Waals surface area contributed by atoms with Gasteiger partial charge in [0.25, 0.3) is 0 Å². The summed E-state index contributed by atoms with van der Waals surface area (Å²) in [4.78, 5) is 23.3. The SMILES string of the molecule is C#CC1(COC(=O)COCCOCCCC)CCC(n2cnc3c(N)nc(F)nc32)O1. The van der Waals surface area contributed by atoms with Crippen LogP contribution in [-0.4, -0.2) is 64.1 Å². The zero-order chi connectivity index (χ0) is 22.3. The van der Waals surface area contributed by atoms with Crippen LogP contribution in [0.5, 0.6) is 0 Å². The molecule has 2 unspecified atom stereocenters. The molecule has 2 aromatic rings. The molecule has 11 heteroatoms. The summed E-state index contributed by atoms with van der Waals surface area (Å²) in [5.41, 5.74) is 5.05. The maximum atomic E-state index is 13.6. The molecule has 3 heterocycles. The predicted molar refractivity (Wildman–Crippen MR) is 108 cm³/mol. The fraction of sp³-hybridized carbons (Fsp3) is 0.600. The number of fused-ring (bicyclic) bond motifs is 1. The highest BCUT2D eigenvalue weighted by Gasteiger charge is 2.41. The molecule has 3 rings (SSSR count). The number of halogens is 1. The molecular weight excluding hydrogens is 409 g/mol. The molecular formula is C20H26FN5O5. The lowest BCUT2D eigenvalue weighted by atomic mass is 10.0. The number of rotatable bonds is 11. The van der Waals surface area contributed by atoms with Crippen molar-refractivity contribution in [2.75, 3.05) is 38.8 Å². The summed E-state index contributed by atoms with van der Waals surface area (Å²) in [5.74, 6) is 1.95. The van der Waals surface area contributed by atoms with E-state index in [1.54, 1.807) is 4.57 Å². The Labute approximate surface area is 179 Å². The van der Waals surface area contributed by atoms with Crippen LogP contribution in [0.15, 0.2) is 6.33 Å². The average molecular weight is 435 g/mol. The third kappa shape index (κ3) is 5.66. The van der Waals surface area contributed by atoms with E-state index in [0.29, 0.717) is 32.7 Å². The predicted octanol–water partition coefficient (Wildman–Crippen LogP) is 1.61. The van der Waals surface area contributed by atoms with Gasteiger partial charge in [0.1, 0.15) is 19.4 Å². The van der Waals surface area contributed by atoms with Gasteiger partial charge in [0.05, 0.1) is 19.5 Å². The molecule has 1 aliphatic rings. The Hall–Kier alpha value is -2.81. The van der Waals surface area contributed by atoms with Gasteiger partial charge in [0.15, 0.2) is 22.6 Å². The van der Waals surface area contributed by atoms with Crippen molar-refractivity contribution in [3.8, 4) is 12.3 Å². The van der Waals surface area contributed by atoms with Gasteiger partial charge in [-0.1, -0.05) is 19.3 Å². The van der Waals surface area contributed by atoms with E-state index in [0.717, 1.165) is 12.8 Å². The lowest BCUT2D eigenvalue weighted by molar-refractivity contribution is -0.157. The molecule has 0 saturated carbocycles. The molecule has 1 saturated heterocycles. The first-order valence-corrected chi connectivity index (χ1v) is 10.1. The molecule has 10 nitrogen and oxygen atoms in total. The number of nitrogen functional groups attached to an aromatic ring is 1. The van der Waals surface area contributed by atoms with Crippen molar-refractivity contribution in [2.45, 2.75) is 44.4 Å². The molecule has 0 radical (unpaired) electrons. The summed E-state index contributed by atoms with van der Waals surface area (Å²) >= 11 is 0. The molecule has 168 valence electrons. The number of ether oxygens (including phenoxy) is 4. The number of nitrogens with two attached hydrogens (primary N) is 1. The van der Waals surface area contributed by atoms with Crippen LogP contribution in [-0.2, 0) is 23.7 Å². The van der Waals surface area contributed by atoms with Crippen LogP contribution in [0.4, 0.5) is 10.2 Å². The molecule has 1 fully saturated rings. The fourth-order valence-corrected chi connectivity index (χ4v) is 3.17. The van der Waals surface area contributed by atoms with Gasteiger partial charge >= 0.3 is 12.0 Å². The number of esters is 1. The summed E-state index contributed by atoms with van der Waals surface area (Å²) in [5, 5.41) is 0. The standard InChI is InChI=1S/C20H26FN5O5/c1-3-5-8-28-9-10-29-11-15(27)30-12-20(4-2)7-6-14(31-20)26-13-23-16-17(22)24-19(21)25-18(16)26/h2,13-14H,3,5-12H2,1H3,(H2,22,24,25). The number of carbonyl (C=O) groups excluding carboxylic acids is 1. The molecule has 0 aliphatic carbocycles. The van der Waals surface area contributed by atoms with Crippen molar-refractivity contribution in [3.05, 3.63) is 12.4 Å². The Morgan fingerprint density at radius 2 is 2.23 bits per heavy atom. The Morgan fingerprint density at radius 1 is 1.42 bits per heavy atom. The van der Waals surface area contributed by atoms with Crippen molar-refractivity contribution >= 4 is 23.0 Å². The third-order valence-corrected chi connectivity index (χ3v) is 4.85. The van der Waals surface area contributed by atoms with E-state index in [-0.39, 0.29) is 30.2 Å². The summed E-state index contributed by atoms with van der Waals surface area (Å²) in [6, 6.07) is 0. The maximum Gasteiger partial charge on any atom is 0.332 e. The highest BCUT2D eigenvalue weighted by molar-refractivity contribution is 5.81. The van der Waals surface area contributed by atoms with Gasteiger partial charge in [0, 0.05) is 6.61 Å². The van der Waals surface area contributed by atoms with Gasteiger partial charge in [-0.25, -0.2) is 9.78 Å². The number of hydrogen-bond acceptors (Lipinski definition) is 9. The van der Waals surface area contributed by atoms with Crippen molar-refractivity contribution < 1.29 is 28.1 Å². The number of imidazole rings is 1. The number of hydrogen-bond donors (Lipinski definition) is 1. The van der Waals surface area contributed by atoms with Gasteiger partial charge in [-0.3, -0.25) is 4.57 Å². The fourth-order valence-electron chi connectivity index (χ4n) is 3.17. The second kappa shape index (κ2) is 10.5. The van der Waals surface area contributed by atoms with E-state index in [1.165, 1.54) is 6.33 Å². The Kier molecular flexibility index (Phi) is 7.73. The summed E-state index contributed by atoms with van der Waals surface area (Å²) in [7, 11) is 0. The lowest BCUT2D eigenvalue weighted by Crippen LogP contribution is -2.34. The highest BCUT2D eigenvalue weighted by Crippen LogP contribution is 2.37. The molecule has 31 heavy (non-hydrogen) atoms. The minimum atomic E-state index is -1.11. The largest absolute Gasteiger partial charge is 0.460 e. The van der Waals surface area contributed by atoms with Gasteiger partial charge in [-0.15, -0.1) is 6.42 Å². The second-order valence-corrected chi connectivity index (χ2v) is 7.13. The van der Waals surface area contributed by atoms with Crippen molar-refractivity contribution in [1.29, 1.82) is 0 Å². The van der Waals surface area contributed by atoms with Crippen LogP contribution < -0.4 is 5.73 Å². The molecule has 0 amide bonds. The van der Waals surface area contributed by atoms with Crippen molar-refractivity contribution in [1.82, 2.24) is 19.5 Å². The van der Waals surface area contributed by atoms with E-state index in [1.807, 2.05) is 0 Å². The molecule has 0 spiro atoms. The topological polar surface area (TPSA) is 124 Å². The van der Waals surface area contributed by atoms with Crippen LogP contribution >= 0.6 is 0 Å². The van der Waals surface area contributed by atoms with Gasteiger partial charge in [0.2, 0.25) is 0 Å². The number of unbranched alkanes of at least 4 members (excludes halogenated alkanes) is 1. The van der Waals surface area contributed by atoms with Gasteiger partial charge < -0.3 is 24.7 Å². The quantitative estimate of drug-likeness (QED) is 0.243. The smallest absolute Gasteiger partial charge is 0.332 e. The number of terminal acetylenes is 1. The van der Waals surface area contributed by atoms with Gasteiger partial charge in [-0.05, 0) is 19.3 Å². The minimum Gasteiger partial charge on any atom is -0.460 e. The highest BCUT2D eigenvalue weighted by atomic mass is 19.1. The second-order valence-electron chi connectivity index (χ2n) is 7.13.